The summed E-state index contributed by atoms with van der Waals surface area (Å²) in [6, 6.07) is 20.6. The summed E-state index contributed by atoms with van der Waals surface area (Å²) >= 11 is 0. The normalized spacial score (nSPS) is 15.7. The summed E-state index contributed by atoms with van der Waals surface area (Å²) in [6.45, 7) is 1.46. The Hall–Kier alpha value is -3.80. The van der Waals surface area contributed by atoms with Gasteiger partial charge in [0.15, 0.2) is 11.5 Å². The van der Waals surface area contributed by atoms with Crippen molar-refractivity contribution in [1.29, 1.82) is 0 Å². The maximum atomic E-state index is 12.5. The number of benzene rings is 3. The average Bonchev–Trinajstić information content (AvgIpc) is 2.85. The van der Waals surface area contributed by atoms with E-state index in [4.69, 9.17) is 15.2 Å². The number of rotatable bonds is 7. The monoisotopic (exact) mass is 473 g/mol. The molecule has 0 aromatic heterocycles. The Morgan fingerprint density at radius 2 is 1.57 bits per heavy atom. The molecule has 3 aromatic rings. The lowest BCUT2D eigenvalue weighted by molar-refractivity contribution is -0.162. The van der Waals surface area contributed by atoms with Crippen LogP contribution in [0.2, 0.25) is 0 Å². The fraction of sp³-hybridized carbons (Fsp3) is 0.310. The molecule has 0 saturated heterocycles. The predicted octanol–water partition coefficient (Wildman–Crippen LogP) is 5.41. The second-order valence-corrected chi connectivity index (χ2v) is 9.12. The van der Waals surface area contributed by atoms with Crippen molar-refractivity contribution in [3.8, 4) is 22.6 Å². The molecule has 1 amide bonds. The number of esters is 1. The molecule has 0 radical (unpaired) electrons. The first-order valence-electron chi connectivity index (χ1n) is 11.9. The molecule has 0 aliphatic heterocycles. The van der Waals surface area contributed by atoms with E-state index >= 15 is 0 Å². The second kappa shape index (κ2) is 10.2. The summed E-state index contributed by atoms with van der Waals surface area (Å²) in [5, 5.41) is 9.96. The number of carbonyl (C=O) groups is 2. The van der Waals surface area contributed by atoms with Crippen molar-refractivity contribution >= 4 is 11.9 Å². The number of phenols is 1. The number of methoxy groups -OCH3 is 1. The van der Waals surface area contributed by atoms with Gasteiger partial charge in [0, 0.05) is 6.92 Å². The van der Waals surface area contributed by atoms with Crippen LogP contribution in [0.25, 0.3) is 11.1 Å². The third kappa shape index (κ3) is 5.16. The summed E-state index contributed by atoms with van der Waals surface area (Å²) < 4.78 is 11.1. The van der Waals surface area contributed by atoms with Crippen LogP contribution in [0.5, 0.6) is 11.5 Å². The number of hydrogen-bond donors (Lipinski definition) is 2. The Morgan fingerprint density at radius 3 is 2.23 bits per heavy atom. The van der Waals surface area contributed by atoms with Gasteiger partial charge in [-0.15, -0.1) is 0 Å². The Bertz CT molecular complexity index is 1230. The van der Waals surface area contributed by atoms with Crippen LogP contribution in [0.3, 0.4) is 0 Å². The molecular weight excluding hydrogens is 442 g/mol. The molecular formula is C29H31NO5. The molecule has 1 aliphatic rings. The highest BCUT2D eigenvalue weighted by atomic mass is 16.6. The van der Waals surface area contributed by atoms with Crippen LogP contribution in [0, 0.1) is 0 Å². The number of hydrogen-bond acceptors (Lipinski definition) is 5. The number of primary amides is 1. The van der Waals surface area contributed by atoms with Gasteiger partial charge >= 0.3 is 5.97 Å². The van der Waals surface area contributed by atoms with Crippen molar-refractivity contribution in [2.24, 2.45) is 5.73 Å². The Morgan fingerprint density at radius 1 is 0.914 bits per heavy atom. The highest BCUT2D eigenvalue weighted by Gasteiger charge is 2.37. The van der Waals surface area contributed by atoms with Gasteiger partial charge in [-0.3, -0.25) is 9.59 Å². The first-order chi connectivity index (χ1) is 16.8. The summed E-state index contributed by atoms with van der Waals surface area (Å²) in [6.07, 6.45) is 4.79. The molecule has 0 spiro atoms. The van der Waals surface area contributed by atoms with Crippen molar-refractivity contribution in [2.45, 2.75) is 50.5 Å². The molecule has 1 fully saturated rings. The molecule has 4 rings (SSSR count). The maximum absolute atomic E-state index is 12.5. The van der Waals surface area contributed by atoms with Gasteiger partial charge in [0.05, 0.1) is 13.0 Å². The SMILES string of the molecule is COc1cc(C(C(N)=O)c2cccc(-c3cccc(C4(OC(C)=O)CCCCC4)c3)c2)ccc1O. The van der Waals surface area contributed by atoms with E-state index in [0.29, 0.717) is 5.56 Å². The smallest absolute Gasteiger partial charge is 0.303 e. The molecule has 1 saturated carbocycles. The summed E-state index contributed by atoms with van der Waals surface area (Å²) in [4.78, 5) is 24.4. The summed E-state index contributed by atoms with van der Waals surface area (Å²) in [5.41, 5.74) is 9.47. The molecule has 6 heteroatoms. The quantitative estimate of drug-likeness (QED) is 0.447. The van der Waals surface area contributed by atoms with Crippen molar-refractivity contribution in [1.82, 2.24) is 0 Å². The molecule has 0 bridgehead atoms. The van der Waals surface area contributed by atoms with E-state index in [2.05, 4.69) is 6.07 Å². The van der Waals surface area contributed by atoms with Crippen LogP contribution < -0.4 is 10.5 Å². The molecule has 1 atom stereocenters. The molecule has 6 nitrogen and oxygen atoms in total. The summed E-state index contributed by atoms with van der Waals surface area (Å²) in [7, 11) is 1.46. The number of aromatic hydroxyl groups is 1. The van der Waals surface area contributed by atoms with Gasteiger partial charge in [0.1, 0.15) is 5.60 Å². The number of phenolic OH excluding ortho intramolecular Hbond substituents is 1. The lowest BCUT2D eigenvalue weighted by Crippen LogP contribution is -2.34. The molecule has 35 heavy (non-hydrogen) atoms. The van der Waals surface area contributed by atoms with Gasteiger partial charge in [0.2, 0.25) is 5.91 Å². The Balaban J connectivity index is 1.73. The molecule has 1 aliphatic carbocycles. The van der Waals surface area contributed by atoms with E-state index in [1.54, 1.807) is 12.1 Å². The van der Waals surface area contributed by atoms with Crippen molar-refractivity contribution < 1.29 is 24.2 Å². The molecule has 3 aromatic carbocycles. The van der Waals surface area contributed by atoms with Gasteiger partial charge < -0.3 is 20.3 Å². The lowest BCUT2D eigenvalue weighted by atomic mass is 9.78. The molecule has 0 heterocycles. The van der Waals surface area contributed by atoms with E-state index in [0.717, 1.165) is 54.4 Å². The largest absolute Gasteiger partial charge is 0.504 e. The topological polar surface area (TPSA) is 98.9 Å². The summed E-state index contributed by atoms with van der Waals surface area (Å²) in [5.74, 6) is -1.21. The van der Waals surface area contributed by atoms with E-state index in [9.17, 15) is 14.7 Å². The third-order valence-corrected chi connectivity index (χ3v) is 6.76. The lowest BCUT2D eigenvalue weighted by Gasteiger charge is -2.37. The zero-order chi connectivity index (χ0) is 25.0. The zero-order valence-corrected chi connectivity index (χ0v) is 20.1. The number of ether oxygens (including phenoxy) is 2. The Labute approximate surface area is 205 Å². The van der Waals surface area contributed by atoms with E-state index in [1.165, 1.54) is 20.1 Å². The minimum atomic E-state index is -0.710. The van der Waals surface area contributed by atoms with Crippen LogP contribution >= 0.6 is 0 Å². The van der Waals surface area contributed by atoms with Crippen molar-refractivity contribution in [3.05, 3.63) is 83.4 Å². The minimum Gasteiger partial charge on any atom is -0.504 e. The predicted molar refractivity (Wildman–Crippen MR) is 134 cm³/mol. The van der Waals surface area contributed by atoms with Gasteiger partial charge in [-0.05, 0) is 71.7 Å². The molecule has 3 N–H and O–H groups in total. The van der Waals surface area contributed by atoms with Gasteiger partial charge in [-0.1, -0.05) is 55.0 Å². The van der Waals surface area contributed by atoms with Gasteiger partial charge in [0.25, 0.3) is 0 Å². The maximum Gasteiger partial charge on any atom is 0.303 e. The number of carbonyl (C=O) groups excluding carboxylic acids is 2. The van der Waals surface area contributed by atoms with Crippen molar-refractivity contribution in [2.75, 3.05) is 7.11 Å². The van der Waals surface area contributed by atoms with Crippen LogP contribution in [0.15, 0.2) is 66.7 Å². The van der Waals surface area contributed by atoms with Crippen LogP contribution in [0.4, 0.5) is 0 Å². The Kier molecular flexibility index (Phi) is 7.10. The van der Waals surface area contributed by atoms with Crippen LogP contribution in [0.1, 0.15) is 61.6 Å². The van der Waals surface area contributed by atoms with E-state index in [-0.39, 0.29) is 17.5 Å². The fourth-order valence-corrected chi connectivity index (χ4v) is 5.12. The number of amides is 1. The molecule has 1 unspecified atom stereocenters. The van der Waals surface area contributed by atoms with E-state index < -0.39 is 17.4 Å². The van der Waals surface area contributed by atoms with E-state index in [1.807, 2.05) is 42.5 Å². The standard InChI is InChI=1S/C29H31NO5/c1-19(31)35-29(14-4-3-5-15-29)24-11-7-9-21(17-24)20-8-6-10-22(16-20)27(28(30)33)23-12-13-25(32)26(18-23)34-2/h6-13,16-18,27,32H,3-5,14-15H2,1-2H3,(H2,30,33). The fourth-order valence-electron chi connectivity index (χ4n) is 5.12. The van der Waals surface area contributed by atoms with Crippen molar-refractivity contribution in [3.63, 3.8) is 0 Å². The van der Waals surface area contributed by atoms with Gasteiger partial charge in [-0.25, -0.2) is 0 Å². The average molecular weight is 474 g/mol. The highest BCUT2D eigenvalue weighted by Crippen LogP contribution is 2.42. The first-order valence-corrected chi connectivity index (χ1v) is 11.9. The second-order valence-electron chi connectivity index (χ2n) is 9.12. The van der Waals surface area contributed by atoms with Gasteiger partial charge in [-0.2, -0.15) is 0 Å². The zero-order valence-electron chi connectivity index (χ0n) is 20.1. The third-order valence-electron chi connectivity index (χ3n) is 6.76. The highest BCUT2D eigenvalue weighted by molar-refractivity contribution is 5.86. The van der Waals surface area contributed by atoms with Crippen LogP contribution in [-0.2, 0) is 19.9 Å². The molecule has 182 valence electrons. The minimum absolute atomic E-state index is 0.00513. The number of nitrogens with two attached hydrogens (primary N) is 1. The first kappa shape index (κ1) is 24.3. The van der Waals surface area contributed by atoms with Crippen LogP contribution in [-0.4, -0.2) is 24.1 Å².